The SMILES string of the molecule is CC1(C(=O)N2CCCC3CCCCC32)CCCNC1. The van der Waals surface area contributed by atoms with E-state index >= 15 is 0 Å². The maximum Gasteiger partial charge on any atom is 0.230 e. The Morgan fingerprint density at radius 2 is 1.95 bits per heavy atom. The number of nitrogens with one attached hydrogen (secondary N) is 1. The number of hydrogen-bond donors (Lipinski definition) is 1. The Kier molecular flexibility index (Phi) is 3.84. The Hall–Kier alpha value is -0.570. The number of nitrogens with zero attached hydrogens (tertiary/aromatic N) is 1. The second-order valence-electron chi connectivity index (χ2n) is 7.09. The van der Waals surface area contributed by atoms with Gasteiger partial charge in [-0.2, -0.15) is 0 Å². The van der Waals surface area contributed by atoms with Gasteiger partial charge in [-0.3, -0.25) is 4.79 Å². The Morgan fingerprint density at radius 1 is 1.16 bits per heavy atom. The van der Waals surface area contributed by atoms with Gasteiger partial charge in [-0.25, -0.2) is 0 Å². The number of fused-ring (bicyclic) bond motifs is 1. The minimum absolute atomic E-state index is 0.141. The first-order valence-electron chi connectivity index (χ1n) is 8.22. The zero-order chi connectivity index (χ0) is 13.3. The lowest BCUT2D eigenvalue weighted by Gasteiger charge is -2.48. The van der Waals surface area contributed by atoms with Gasteiger partial charge in [0, 0.05) is 19.1 Å². The van der Waals surface area contributed by atoms with Gasteiger partial charge in [-0.15, -0.1) is 0 Å². The molecular formula is C16H28N2O. The lowest BCUT2D eigenvalue weighted by molar-refractivity contribution is -0.148. The summed E-state index contributed by atoms with van der Waals surface area (Å²) < 4.78 is 0. The van der Waals surface area contributed by atoms with Crippen LogP contribution >= 0.6 is 0 Å². The van der Waals surface area contributed by atoms with Gasteiger partial charge >= 0.3 is 0 Å². The van der Waals surface area contributed by atoms with E-state index in [0.717, 1.165) is 38.4 Å². The fraction of sp³-hybridized carbons (Fsp3) is 0.938. The highest BCUT2D eigenvalue weighted by atomic mass is 16.2. The maximum absolute atomic E-state index is 13.0. The standard InChI is InChI=1S/C16H28N2O/c1-16(9-5-10-17-12-16)15(19)18-11-4-7-13-6-2-3-8-14(13)18/h13-14,17H,2-12H2,1H3. The first-order valence-corrected chi connectivity index (χ1v) is 8.22. The van der Waals surface area contributed by atoms with Gasteiger partial charge < -0.3 is 10.2 Å². The molecule has 3 aliphatic rings. The third-order valence-electron chi connectivity index (χ3n) is 5.62. The summed E-state index contributed by atoms with van der Waals surface area (Å²) in [7, 11) is 0. The number of amides is 1. The van der Waals surface area contributed by atoms with E-state index in [1.54, 1.807) is 0 Å². The molecule has 1 aliphatic carbocycles. The Morgan fingerprint density at radius 3 is 2.74 bits per heavy atom. The number of carbonyl (C=O) groups is 1. The molecule has 2 heterocycles. The summed E-state index contributed by atoms with van der Waals surface area (Å²) in [4.78, 5) is 15.3. The van der Waals surface area contributed by atoms with Gasteiger partial charge in [0.1, 0.15) is 0 Å². The van der Waals surface area contributed by atoms with Crippen LogP contribution < -0.4 is 5.32 Å². The van der Waals surface area contributed by atoms with Crippen LogP contribution in [0.15, 0.2) is 0 Å². The fourth-order valence-electron chi connectivity index (χ4n) is 4.46. The molecule has 3 nitrogen and oxygen atoms in total. The summed E-state index contributed by atoms with van der Waals surface area (Å²) in [6, 6.07) is 0.564. The second-order valence-corrected chi connectivity index (χ2v) is 7.09. The number of hydrogen-bond acceptors (Lipinski definition) is 2. The van der Waals surface area contributed by atoms with Crippen LogP contribution in [0.1, 0.15) is 58.3 Å². The van der Waals surface area contributed by atoms with E-state index in [9.17, 15) is 4.79 Å². The summed E-state index contributed by atoms with van der Waals surface area (Å²) in [5.74, 6) is 1.24. The zero-order valence-corrected chi connectivity index (χ0v) is 12.3. The quantitative estimate of drug-likeness (QED) is 0.789. The van der Waals surface area contributed by atoms with Crippen LogP contribution in [0.2, 0.25) is 0 Å². The summed E-state index contributed by atoms with van der Waals surface area (Å²) in [6.45, 7) is 5.14. The van der Waals surface area contributed by atoms with Gasteiger partial charge in [0.2, 0.25) is 5.91 Å². The van der Waals surface area contributed by atoms with Gasteiger partial charge in [0.05, 0.1) is 5.41 Å². The van der Waals surface area contributed by atoms with Gasteiger partial charge in [0.25, 0.3) is 0 Å². The average Bonchev–Trinajstić information content (AvgIpc) is 2.47. The highest BCUT2D eigenvalue weighted by Crippen LogP contribution is 2.38. The molecule has 3 heteroatoms. The minimum atomic E-state index is -0.141. The van der Waals surface area contributed by atoms with Crippen molar-refractivity contribution in [3.05, 3.63) is 0 Å². The van der Waals surface area contributed by atoms with E-state index < -0.39 is 0 Å². The molecule has 3 fully saturated rings. The van der Waals surface area contributed by atoms with Crippen molar-refractivity contribution in [2.45, 2.75) is 64.3 Å². The molecular weight excluding hydrogens is 236 g/mol. The van der Waals surface area contributed by atoms with Crippen LogP contribution in [0.25, 0.3) is 0 Å². The van der Waals surface area contributed by atoms with Crippen molar-refractivity contribution in [2.75, 3.05) is 19.6 Å². The van der Waals surface area contributed by atoms with Crippen LogP contribution in [0.5, 0.6) is 0 Å². The predicted molar refractivity (Wildman–Crippen MR) is 76.9 cm³/mol. The van der Waals surface area contributed by atoms with Crippen molar-refractivity contribution in [2.24, 2.45) is 11.3 Å². The Bertz CT molecular complexity index is 334. The molecule has 0 spiro atoms. The molecule has 3 rings (SSSR count). The lowest BCUT2D eigenvalue weighted by atomic mass is 9.75. The van der Waals surface area contributed by atoms with Crippen molar-refractivity contribution in [3.8, 4) is 0 Å². The normalized spacial score (nSPS) is 39.7. The van der Waals surface area contributed by atoms with E-state index in [2.05, 4.69) is 17.1 Å². The smallest absolute Gasteiger partial charge is 0.230 e. The number of likely N-dealkylation sites (tertiary alicyclic amines) is 1. The van der Waals surface area contributed by atoms with Crippen molar-refractivity contribution >= 4 is 5.91 Å². The molecule has 0 aromatic carbocycles. The van der Waals surface area contributed by atoms with E-state index in [-0.39, 0.29) is 5.41 Å². The molecule has 0 radical (unpaired) electrons. The number of piperidine rings is 2. The van der Waals surface area contributed by atoms with E-state index in [0.29, 0.717) is 11.9 Å². The van der Waals surface area contributed by atoms with Crippen LogP contribution in [0.3, 0.4) is 0 Å². The Balaban J connectivity index is 1.74. The third-order valence-corrected chi connectivity index (χ3v) is 5.62. The monoisotopic (exact) mass is 264 g/mol. The largest absolute Gasteiger partial charge is 0.339 e. The van der Waals surface area contributed by atoms with E-state index in [1.165, 1.54) is 38.5 Å². The molecule has 19 heavy (non-hydrogen) atoms. The lowest BCUT2D eigenvalue weighted by Crippen LogP contribution is -2.57. The van der Waals surface area contributed by atoms with E-state index in [4.69, 9.17) is 0 Å². The number of carbonyl (C=O) groups excluding carboxylic acids is 1. The average molecular weight is 264 g/mol. The van der Waals surface area contributed by atoms with Crippen molar-refractivity contribution in [1.82, 2.24) is 10.2 Å². The Labute approximate surface area is 117 Å². The minimum Gasteiger partial charge on any atom is -0.339 e. The molecule has 3 unspecified atom stereocenters. The van der Waals surface area contributed by atoms with Crippen LogP contribution in [0.4, 0.5) is 0 Å². The molecule has 0 bridgehead atoms. The van der Waals surface area contributed by atoms with Crippen LogP contribution in [-0.4, -0.2) is 36.5 Å². The van der Waals surface area contributed by atoms with Gasteiger partial charge in [0.15, 0.2) is 0 Å². The first-order chi connectivity index (χ1) is 9.21. The molecule has 0 aromatic rings. The van der Waals surface area contributed by atoms with E-state index in [1.807, 2.05) is 0 Å². The second kappa shape index (κ2) is 5.43. The van der Waals surface area contributed by atoms with Crippen molar-refractivity contribution in [1.29, 1.82) is 0 Å². The summed E-state index contributed by atoms with van der Waals surface area (Å²) >= 11 is 0. The topological polar surface area (TPSA) is 32.3 Å². The highest BCUT2D eigenvalue weighted by Gasteiger charge is 2.43. The van der Waals surface area contributed by atoms with Gasteiger partial charge in [-0.05, 0) is 57.9 Å². The zero-order valence-electron chi connectivity index (χ0n) is 12.3. The molecule has 2 aliphatic heterocycles. The van der Waals surface area contributed by atoms with Crippen LogP contribution in [0, 0.1) is 11.3 Å². The van der Waals surface area contributed by atoms with Crippen LogP contribution in [-0.2, 0) is 4.79 Å². The predicted octanol–water partition coefficient (Wildman–Crippen LogP) is 2.56. The molecule has 1 amide bonds. The fourth-order valence-corrected chi connectivity index (χ4v) is 4.46. The summed E-state index contributed by atoms with van der Waals surface area (Å²) in [5.41, 5.74) is -0.141. The van der Waals surface area contributed by atoms with Gasteiger partial charge in [-0.1, -0.05) is 12.8 Å². The molecule has 3 atom stereocenters. The summed E-state index contributed by atoms with van der Waals surface area (Å²) in [6.07, 6.45) is 10.1. The molecule has 2 saturated heterocycles. The highest BCUT2D eigenvalue weighted by molar-refractivity contribution is 5.83. The number of rotatable bonds is 1. The summed E-state index contributed by atoms with van der Waals surface area (Å²) in [5, 5.41) is 3.42. The van der Waals surface area contributed by atoms with Crippen molar-refractivity contribution in [3.63, 3.8) is 0 Å². The molecule has 108 valence electrons. The first kappa shape index (κ1) is 13.4. The molecule has 0 aromatic heterocycles. The molecule has 1 N–H and O–H groups in total. The third kappa shape index (κ3) is 2.54. The maximum atomic E-state index is 13.0. The molecule has 1 saturated carbocycles. The van der Waals surface area contributed by atoms with Crippen molar-refractivity contribution < 1.29 is 4.79 Å².